The molecular formula is C23H25N3O3. The summed E-state index contributed by atoms with van der Waals surface area (Å²) < 4.78 is 6.96. The average molecular weight is 391 g/mol. The third-order valence-corrected chi connectivity index (χ3v) is 4.63. The fourth-order valence-corrected chi connectivity index (χ4v) is 3.24. The van der Waals surface area contributed by atoms with Gasteiger partial charge in [0.2, 0.25) is 0 Å². The summed E-state index contributed by atoms with van der Waals surface area (Å²) >= 11 is 0. The van der Waals surface area contributed by atoms with E-state index in [-0.39, 0.29) is 6.61 Å². The van der Waals surface area contributed by atoms with Gasteiger partial charge >= 0.3 is 5.97 Å². The van der Waals surface area contributed by atoms with Crippen LogP contribution in [-0.2, 0) is 9.53 Å². The van der Waals surface area contributed by atoms with E-state index in [2.05, 4.69) is 10.4 Å². The van der Waals surface area contributed by atoms with Gasteiger partial charge in [-0.1, -0.05) is 34.9 Å². The van der Waals surface area contributed by atoms with E-state index in [9.17, 15) is 9.59 Å². The first kappa shape index (κ1) is 20.3. The monoisotopic (exact) mass is 391 g/mol. The Morgan fingerprint density at radius 2 is 1.55 bits per heavy atom. The maximum Gasteiger partial charge on any atom is 0.338 e. The Balaban J connectivity index is 1.68. The second-order valence-corrected chi connectivity index (χ2v) is 7.29. The number of rotatable bonds is 5. The molecular weight excluding hydrogens is 366 g/mol. The number of hydrogen-bond donors (Lipinski definition) is 1. The Hall–Kier alpha value is -3.41. The van der Waals surface area contributed by atoms with Gasteiger partial charge in [0.1, 0.15) is 0 Å². The van der Waals surface area contributed by atoms with Crippen molar-refractivity contribution in [2.24, 2.45) is 0 Å². The van der Waals surface area contributed by atoms with Crippen molar-refractivity contribution in [3.8, 4) is 5.69 Å². The molecule has 150 valence electrons. The Morgan fingerprint density at radius 1 is 0.931 bits per heavy atom. The van der Waals surface area contributed by atoms with E-state index in [1.165, 1.54) is 0 Å². The molecule has 6 heteroatoms. The minimum Gasteiger partial charge on any atom is -0.452 e. The van der Waals surface area contributed by atoms with Crippen molar-refractivity contribution in [1.29, 1.82) is 0 Å². The van der Waals surface area contributed by atoms with Gasteiger partial charge in [-0.15, -0.1) is 0 Å². The van der Waals surface area contributed by atoms with Gasteiger partial charge in [-0.3, -0.25) is 4.79 Å². The third kappa shape index (κ3) is 4.71. The van der Waals surface area contributed by atoms with Crippen LogP contribution in [0.3, 0.4) is 0 Å². The number of ether oxygens (including phenoxy) is 1. The van der Waals surface area contributed by atoms with E-state index < -0.39 is 11.9 Å². The van der Waals surface area contributed by atoms with Crippen molar-refractivity contribution in [3.05, 3.63) is 76.1 Å². The van der Waals surface area contributed by atoms with E-state index in [1.807, 2.05) is 65.0 Å². The fourth-order valence-electron chi connectivity index (χ4n) is 3.24. The number of esters is 1. The van der Waals surface area contributed by atoms with Crippen molar-refractivity contribution in [2.75, 3.05) is 11.9 Å². The van der Waals surface area contributed by atoms with Crippen molar-refractivity contribution in [2.45, 2.75) is 34.6 Å². The number of carbonyl (C=O) groups excluding carboxylic acids is 2. The van der Waals surface area contributed by atoms with Gasteiger partial charge in [0.15, 0.2) is 6.61 Å². The van der Waals surface area contributed by atoms with Gasteiger partial charge in [0, 0.05) is 0 Å². The minimum atomic E-state index is -0.518. The van der Waals surface area contributed by atoms with Crippen molar-refractivity contribution in [1.82, 2.24) is 9.78 Å². The molecule has 0 fully saturated rings. The fraction of sp³-hybridized carbons (Fsp3) is 0.261. The highest BCUT2D eigenvalue weighted by atomic mass is 16.5. The van der Waals surface area contributed by atoms with Gasteiger partial charge < -0.3 is 10.1 Å². The maximum atomic E-state index is 12.4. The number of nitrogens with one attached hydrogen (secondary N) is 1. The summed E-state index contributed by atoms with van der Waals surface area (Å²) in [5.74, 6) is -0.923. The van der Waals surface area contributed by atoms with Crippen LogP contribution in [0.2, 0.25) is 0 Å². The normalized spacial score (nSPS) is 10.7. The second-order valence-electron chi connectivity index (χ2n) is 7.29. The van der Waals surface area contributed by atoms with Crippen LogP contribution >= 0.6 is 0 Å². The zero-order chi connectivity index (χ0) is 21.1. The number of carbonyl (C=O) groups is 2. The number of benzene rings is 2. The first-order chi connectivity index (χ1) is 13.7. The van der Waals surface area contributed by atoms with Crippen molar-refractivity contribution in [3.63, 3.8) is 0 Å². The van der Waals surface area contributed by atoms with Gasteiger partial charge in [-0.05, 0) is 58.9 Å². The summed E-state index contributed by atoms with van der Waals surface area (Å²) in [6, 6.07) is 13.4. The van der Waals surface area contributed by atoms with Crippen molar-refractivity contribution >= 4 is 17.6 Å². The summed E-state index contributed by atoms with van der Waals surface area (Å²) in [7, 11) is 0. The molecule has 2 aromatic carbocycles. The molecule has 0 aliphatic heterocycles. The van der Waals surface area contributed by atoms with E-state index in [0.717, 1.165) is 28.1 Å². The van der Waals surface area contributed by atoms with E-state index in [4.69, 9.17) is 4.74 Å². The molecule has 0 radical (unpaired) electrons. The molecule has 6 nitrogen and oxygen atoms in total. The second kappa shape index (κ2) is 8.31. The Kier molecular flexibility index (Phi) is 5.82. The zero-order valence-corrected chi connectivity index (χ0v) is 17.4. The number of hydrogen-bond acceptors (Lipinski definition) is 4. The summed E-state index contributed by atoms with van der Waals surface area (Å²) in [6.45, 7) is 9.20. The number of aromatic nitrogens is 2. The number of nitrogens with zero attached hydrogens (tertiary/aromatic N) is 2. The van der Waals surface area contributed by atoms with Crippen molar-refractivity contribution < 1.29 is 14.3 Å². The van der Waals surface area contributed by atoms with E-state index in [0.29, 0.717) is 16.9 Å². The van der Waals surface area contributed by atoms with Crippen LogP contribution in [0.25, 0.3) is 5.69 Å². The van der Waals surface area contributed by atoms with Gasteiger partial charge in [0.25, 0.3) is 5.91 Å². The first-order valence-electron chi connectivity index (χ1n) is 9.43. The minimum absolute atomic E-state index is 0.361. The molecule has 1 aromatic heterocycles. The summed E-state index contributed by atoms with van der Waals surface area (Å²) in [5, 5.41) is 7.33. The van der Waals surface area contributed by atoms with E-state index >= 15 is 0 Å². The molecule has 29 heavy (non-hydrogen) atoms. The quantitative estimate of drug-likeness (QED) is 0.661. The molecule has 0 bridgehead atoms. The highest BCUT2D eigenvalue weighted by Gasteiger charge is 2.17. The summed E-state index contributed by atoms with van der Waals surface area (Å²) in [5.41, 5.74) is 6.57. The van der Waals surface area contributed by atoms with Gasteiger partial charge in [-0.2, -0.15) is 5.10 Å². The van der Waals surface area contributed by atoms with Crippen LogP contribution in [-0.4, -0.2) is 28.3 Å². The van der Waals surface area contributed by atoms with Crippen LogP contribution in [0, 0.1) is 34.6 Å². The Bertz CT molecular complexity index is 1050. The molecule has 0 saturated heterocycles. The smallest absolute Gasteiger partial charge is 0.338 e. The van der Waals surface area contributed by atoms with Crippen LogP contribution in [0.5, 0.6) is 0 Å². The number of aryl methyl sites for hydroxylation is 4. The molecule has 0 atom stereocenters. The molecule has 3 aromatic rings. The van der Waals surface area contributed by atoms with Crippen LogP contribution in [0.1, 0.15) is 38.4 Å². The van der Waals surface area contributed by atoms with Gasteiger partial charge in [-0.25, -0.2) is 9.48 Å². The maximum absolute atomic E-state index is 12.4. The average Bonchev–Trinajstić information content (AvgIpc) is 2.94. The zero-order valence-electron chi connectivity index (χ0n) is 17.4. The molecule has 0 aliphatic rings. The molecule has 3 rings (SSSR count). The Labute approximate surface area is 170 Å². The van der Waals surface area contributed by atoms with Gasteiger partial charge in [0.05, 0.1) is 28.3 Å². The lowest BCUT2D eigenvalue weighted by Crippen LogP contribution is -2.21. The molecule has 0 spiro atoms. The predicted octanol–water partition coefficient (Wildman–Crippen LogP) is 4.21. The SMILES string of the molecule is Cc1ccc(-n2nc(C)c(NC(=O)COC(=O)c3cc(C)cc(C)c3)c2C)cc1. The molecule has 1 N–H and O–H groups in total. The van der Waals surface area contributed by atoms with Crippen LogP contribution in [0.15, 0.2) is 42.5 Å². The molecule has 0 aliphatic carbocycles. The molecule has 1 amide bonds. The molecule has 1 heterocycles. The van der Waals surface area contributed by atoms with Crippen LogP contribution < -0.4 is 5.32 Å². The summed E-state index contributed by atoms with van der Waals surface area (Å²) in [4.78, 5) is 24.6. The standard InChI is InChI=1S/C23H25N3O3/c1-14-6-8-20(9-7-14)26-18(5)22(17(4)25-26)24-21(27)13-29-23(28)19-11-15(2)10-16(3)12-19/h6-12H,13H2,1-5H3,(H,24,27). The topological polar surface area (TPSA) is 73.2 Å². The summed E-state index contributed by atoms with van der Waals surface area (Å²) in [6.07, 6.45) is 0. The largest absolute Gasteiger partial charge is 0.452 e. The lowest BCUT2D eigenvalue weighted by atomic mass is 10.1. The molecule has 0 unspecified atom stereocenters. The Morgan fingerprint density at radius 3 is 2.17 bits per heavy atom. The molecule has 0 saturated carbocycles. The first-order valence-corrected chi connectivity index (χ1v) is 9.43. The third-order valence-electron chi connectivity index (χ3n) is 4.63. The highest BCUT2D eigenvalue weighted by molar-refractivity contribution is 5.96. The predicted molar refractivity (Wildman–Crippen MR) is 113 cm³/mol. The number of anilines is 1. The highest BCUT2D eigenvalue weighted by Crippen LogP contribution is 2.23. The lowest BCUT2D eigenvalue weighted by molar-refractivity contribution is -0.119. The number of amides is 1. The lowest BCUT2D eigenvalue weighted by Gasteiger charge is -2.09. The van der Waals surface area contributed by atoms with Crippen LogP contribution in [0.4, 0.5) is 5.69 Å². The van der Waals surface area contributed by atoms with E-state index in [1.54, 1.807) is 16.8 Å².